The van der Waals surface area contributed by atoms with Crippen LogP contribution in [0.2, 0.25) is 5.02 Å². The Morgan fingerprint density at radius 1 is 1.58 bits per heavy atom. The van der Waals surface area contributed by atoms with Crippen molar-refractivity contribution >= 4 is 39.2 Å². The molecule has 0 aromatic heterocycles. The molecule has 0 aliphatic carbocycles. The molecule has 1 rings (SSSR count). The van der Waals surface area contributed by atoms with Gasteiger partial charge in [0.1, 0.15) is 0 Å². The highest BCUT2D eigenvalue weighted by atomic mass is 79.9. The molecule has 1 aromatic carbocycles. The minimum absolute atomic E-state index is 0.529. The van der Waals surface area contributed by atoms with Gasteiger partial charge in [0.2, 0.25) is 0 Å². The first-order valence-corrected chi connectivity index (χ1v) is 4.29. The first-order valence-electron chi connectivity index (χ1n) is 3.11. The summed E-state index contributed by atoms with van der Waals surface area (Å²) in [7, 11) is 0. The van der Waals surface area contributed by atoms with Crippen LogP contribution in [-0.2, 0) is 0 Å². The van der Waals surface area contributed by atoms with E-state index >= 15 is 0 Å². The number of nitrogens with two attached hydrogens (primary N) is 1. The molecular weight excluding hydrogens is 243 g/mol. The standard InChI is InChI=1S/C7H6BrClN2O/c8-6-4(9)2-1-3-5(6)11-7(10)12/h1-3H,(H3,10,11,12). The van der Waals surface area contributed by atoms with Gasteiger partial charge in [-0.2, -0.15) is 0 Å². The Morgan fingerprint density at radius 2 is 2.25 bits per heavy atom. The summed E-state index contributed by atoms with van der Waals surface area (Å²) in [4.78, 5) is 10.5. The number of nitrogens with one attached hydrogen (secondary N) is 1. The van der Waals surface area contributed by atoms with Crippen molar-refractivity contribution in [3.05, 3.63) is 27.7 Å². The zero-order valence-electron chi connectivity index (χ0n) is 5.97. The van der Waals surface area contributed by atoms with Gasteiger partial charge in [0.15, 0.2) is 0 Å². The van der Waals surface area contributed by atoms with Crippen molar-refractivity contribution in [2.45, 2.75) is 0 Å². The summed E-state index contributed by atoms with van der Waals surface area (Å²) >= 11 is 8.96. The summed E-state index contributed by atoms with van der Waals surface area (Å²) in [6, 6.07) is 4.51. The van der Waals surface area contributed by atoms with E-state index in [1.165, 1.54) is 0 Å². The van der Waals surface area contributed by atoms with E-state index in [-0.39, 0.29) is 0 Å². The predicted octanol–water partition coefficient (Wildman–Crippen LogP) is 2.59. The Hall–Kier alpha value is -0.740. The third kappa shape index (κ3) is 2.12. The molecule has 0 atom stereocenters. The smallest absolute Gasteiger partial charge is 0.316 e. The van der Waals surface area contributed by atoms with Crippen LogP contribution in [0.25, 0.3) is 0 Å². The van der Waals surface area contributed by atoms with Gasteiger partial charge in [-0.05, 0) is 28.1 Å². The quantitative estimate of drug-likeness (QED) is 0.790. The summed E-state index contributed by atoms with van der Waals surface area (Å²) in [5, 5.41) is 2.95. The SMILES string of the molecule is NC(=O)Nc1cccc(Cl)c1Br. The number of halogens is 2. The average Bonchev–Trinajstić information content (AvgIpc) is 1.98. The van der Waals surface area contributed by atoms with Crippen molar-refractivity contribution in [2.75, 3.05) is 5.32 Å². The van der Waals surface area contributed by atoms with Crippen molar-refractivity contribution in [1.82, 2.24) is 0 Å². The van der Waals surface area contributed by atoms with Crippen LogP contribution in [0.3, 0.4) is 0 Å². The van der Waals surface area contributed by atoms with E-state index < -0.39 is 6.03 Å². The van der Waals surface area contributed by atoms with Crippen LogP contribution >= 0.6 is 27.5 Å². The summed E-state index contributed by atoms with van der Waals surface area (Å²) in [5.41, 5.74) is 5.49. The maximum atomic E-state index is 10.5. The number of urea groups is 1. The highest BCUT2D eigenvalue weighted by Crippen LogP contribution is 2.29. The molecule has 12 heavy (non-hydrogen) atoms. The third-order valence-corrected chi connectivity index (χ3v) is 2.61. The number of hydrogen-bond acceptors (Lipinski definition) is 1. The molecular formula is C7H6BrClN2O. The number of primary amides is 1. The minimum Gasteiger partial charge on any atom is -0.351 e. The second-order valence-electron chi connectivity index (χ2n) is 2.09. The van der Waals surface area contributed by atoms with E-state index in [0.717, 1.165) is 0 Å². The lowest BCUT2D eigenvalue weighted by molar-refractivity contribution is 0.259. The monoisotopic (exact) mass is 248 g/mol. The van der Waals surface area contributed by atoms with E-state index in [1.807, 2.05) is 0 Å². The lowest BCUT2D eigenvalue weighted by Crippen LogP contribution is -2.19. The number of hydrogen-bond donors (Lipinski definition) is 2. The highest BCUT2D eigenvalue weighted by Gasteiger charge is 2.04. The van der Waals surface area contributed by atoms with Gasteiger partial charge in [-0.15, -0.1) is 0 Å². The van der Waals surface area contributed by atoms with Gasteiger partial charge in [0.05, 0.1) is 15.2 Å². The lowest BCUT2D eigenvalue weighted by Gasteiger charge is -2.04. The van der Waals surface area contributed by atoms with Crippen molar-refractivity contribution < 1.29 is 4.79 Å². The number of benzene rings is 1. The van der Waals surface area contributed by atoms with Crippen LogP contribution in [0.5, 0.6) is 0 Å². The topological polar surface area (TPSA) is 55.1 Å². The molecule has 0 fully saturated rings. The molecule has 0 heterocycles. The van der Waals surface area contributed by atoms with Crippen LogP contribution < -0.4 is 11.1 Å². The Balaban J connectivity index is 3.00. The van der Waals surface area contributed by atoms with Crippen molar-refractivity contribution in [2.24, 2.45) is 5.73 Å². The number of amides is 2. The fourth-order valence-corrected chi connectivity index (χ4v) is 1.27. The van der Waals surface area contributed by atoms with Crippen LogP contribution in [0.1, 0.15) is 0 Å². The normalized spacial score (nSPS) is 9.50. The molecule has 0 aliphatic heterocycles. The lowest BCUT2D eigenvalue weighted by atomic mass is 10.3. The molecule has 3 nitrogen and oxygen atoms in total. The summed E-state index contributed by atoms with van der Waals surface area (Å²) in [6.45, 7) is 0. The van der Waals surface area contributed by atoms with Crippen LogP contribution in [0, 0.1) is 0 Å². The number of rotatable bonds is 1. The van der Waals surface area contributed by atoms with E-state index in [9.17, 15) is 4.79 Å². The Kier molecular flexibility index (Phi) is 2.94. The molecule has 2 amide bonds. The first-order chi connectivity index (χ1) is 5.61. The van der Waals surface area contributed by atoms with Gasteiger partial charge in [-0.3, -0.25) is 0 Å². The Bertz CT molecular complexity index is 316. The second-order valence-corrected chi connectivity index (χ2v) is 3.29. The minimum atomic E-state index is -0.613. The van der Waals surface area contributed by atoms with Crippen LogP contribution in [0.15, 0.2) is 22.7 Å². The van der Waals surface area contributed by atoms with E-state index in [2.05, 4.69) is 21.2 Å². The van der Waals surface area contributed by atoms with Gasteiger partial charge < -0.3 is 11.1 Å². The molecule has 0 unspecified atom stereocenters. The fourth-order valence-electron chi connectivity index (χ4n) is 0.733. The molecule has 5 heteroatoms. The van der Waals surface area contributed by atoms with Crippen LogP contribution in [-0.4, -0.2) is 6.03 Å². The van der Waals surface area contributed by atoms with E-state index in [4.69, 9.17) is 17.3 Å². The van der Waals surface area contributed by atoms with E-state index in [1.54, 1.807) is 18.2 Å². The van der Waals surface area contributed by atoms with Crippen molar-refractivity contribution in [1.29, 1.82) is 0 Å². The molecule has 1 aromatic rings. The molecule has 0 radical (unpaired) electrons. The zero-order valence-corrected chi connectivity index (χ0v) is 8.32. The second kappa shape index (κ2) is 3.78. The van der Waals surface area contributed by atoms with Gasteiger partial charge in [0, 0.05) is 0 Å². The van der Waals surface area contributed by atoms with E-state index in [0.29, 0.717) is 15.2 Å². The average molecular weight is 249 g/mol. The molecule has 0 saturated heterocycles. The number of carbonyl (C=O) groups is 1. The molecule has 0 aliphatic rings. The van der Waals surface area contributed by atoms with Crippen molar-refractivity contribution in [3.63, 3.8) is 0 Å². The summed E-state index contributed by atoms with van der Waals surface area (Å²) < 4.78 is 0.630. The van der Waals surface area contributed by atoms with Crippen LogP contribution in [0.4, 0.5) is 10.5 Å². The Morgan fingerprint density at radius 3 is 2.83 bits per heavy atom. The fraction of sp³-hybridized carbons (Fsp3) is 0. The van der Waals surface area contributed by atoms with Gasteiger partial charge >= 0.3 is 6.03 Å². The zero-order chi connectivity index (χ0) is 9.14. The Labute approximate surface area is 83.0 Å². The number of carbonyl (C=O) groups excluding carboxylic acids is 1. The number of anilines is 1. The van der Waals surface area contributed by atoms with Gasteiger partial charge in [-0.25, -0.2) is 4.79 Å². The molecule has 0 spiro atoms. The first kappa shape index (κ1) is 9.35. The molecule has 0 bridgehead atoms. The predicted molar refractivity (Wildman–Crippen MR) is 52.4 cm³/mol. The summed E-state index contributed by atoms with van der Waals surface area (Å²) in [5.74, 6) is 0. The molecule has 64 valence electrons. The maximum absolute atomic E-state index is 10.5. The van der Waals surface area contributed by atoms with Gasteiger partial charge in [0.25, 0.3) is 0 Å². The van der Waals surface area contributed by atoms with Gasteiger partial charge in [-0.1, -0.05) is 17.7 Å². The largest absolute Gasteiger partial charge is 0.351 e. The molecule has 0 saturated carbocycles. The maximum Gasteiger partial charge on any atom is 0.316 e. The highest BCUT2D eigenvalue weighted by molar-refractivity contribution is 9.10. The molecule has 3 N–H and O–H groups in total. The third-order valence-electron chi connectivity index (χ3n) is 1.21. The summed E-state index contributed by atoms with van der Waals surface area (Å²) in [6.07, 6.45) is 0. The van der Waals surface area contributed by atoms with Crippen molar-refractivity contribution in [3.8, 4) is 0 Å².